The number of rotatable bonds is 26. The molecule has 47 nitrogen and oxygen atoms in total. The molecule has 0 radical (unpaired) electrons. The Labute approximate surface area is 581 Å². The van der Waals surface area contributed by atoms with Crippen LogP contribution in [0.2, 0.25) is 0 Å². The first-order chi connectivity index (χ1) is 48.8. The summed E-state index contributed by atoms with van der Waals surface area (Å²) in [6.07, 6.45) is -93.5. The zero-order valence-corrected chi connectivity index (χ0v) is 54.2. The average molecular weight is 1520 g/mol. The molecular formula is C56H95NO46. The summed E-state index contributed by atoms with van der Waals surface area (Å²) >= 11 is 0. The van der Waals surface area contributed by atoms with Crippen molar-refractivity contribution in [3.8, 4) is 0 Å². The van der Waals surface area contributed by atoms with Crippen molar-refractivity contribution in [3.63, 3.8) is 0 Å². The van der Waals surface area contributed by atoms with Gasteiger partial charge < -0.3 is 229 Å². The molecule has 9 heterocycles. The minimum atomic E-state index is -2.50. The number of aliphatic hydroxyl groups excluding tert-OH is 28. The van der Waals surface area contributed by atoms with E-state index in [1.54, 1.807) is 0 Å². The number of amides is 1. The highest BCUT2D eigenvalue weighted by Gasteiger charge is 2.61. The maximum atomic E-state index is 12.1. The number of nitrogens with one attached hydrogen (secondary N) is 1. The van der Waals surface area contributed by atoms with Gasteiger partial charge in [-0.05, 0) is 0 Å². The molecule has 0 aliphatic carbocycles. The quantitative estimate of drug-likeness (QED) is 0.0382. The number of hydrogen-bond donors (Lipinski definition) is 29. The van der Waals surface area contributed by atoms with Crippen LogP contribution in [-0.2, 0) is 85.3 Å². The second kappa shape index (κ2) is 36.7. The highest BCUT2D eigenvalue weighted by atomic mass is 16.8. The van der Waals surface area contributed by atoms with E-state index < -0.39 is 342 Å². The second-order valence-corrected chi connectivity index (χ2v) is 26.0. The molecule has 0 bridgehead atoms. The van der Waals surface area contributed by atoms with Crippen molar-refractivity contribution in [1.82, 2.24) is 5.32 Å². The average Bonchev–Trinajstić information content (AvgIpc) is 0.770. The zero-order valence-electron chi connectivity index (χ0n) is 54.2. The first kappa shape index (κ1) is 84.7. The van der Waals surface area contributed by atoms with Crippen LogP contribution < -0.4 is 5.32 Å². The molecule has 1 amide bonds. The Bertz CT molecular complexity index is 2590. The van der Waals surface area contributed by atoms with Gasteiger partial charge in [-0.3, -0.25) is 4.79 Å². The Morgan fingerprint density at radius 3 is 0.854 bits per heavy atom. The fourth-order valence-corrected chi connectivity index (χ4v) is 13.2. The lowest BCUT2D eigenvalue weighted by Crippen LogP contribution is -2.69. The second-order valence-electron chi connectivity index (χ2n) is 26.0. The van der Waals surface area contributed by atoms with Gasteiger partial charge in [0.05, 0.1) is 59.5 Å². The van der Waals surface area contributed by atoms with Crippen LogP contribution in [-0.4, -0.2) is 485 Å². The van der Waals surface area contributed by atoms with Crippen LogP contribution in [0.15, 0.2) is 0 Å². The molecule has 9 rings (SSSR count). The lowest BCUT2D eigenvalue weighted by atomic mass is 9.94. The van der Waals surface area contributed by atoms with E-state index in [9.17, 15) is 148 Å². The van der Waals surface area contributed by atoms with Crippen molar-refractivity contribution < 1.29 is 228 Å². The number of aliphatic hydroxyl groups is 28. The summed E-state index contributed by atoms with van der Waals surface area (Å²) in [5.41, 5.74) is 0. The van der Waals surface area contributed by atoms with Crippen LogP contribution in [0.3, 0.4) is 0 Å². The molecule has 600 valence electrons. The number of ether oxygens (including phenoxy) is 17. The SMILES string of the molecule is CC(=O)N[C@H]1C(O)O[C@H](CO)[C@@H](O[C@@H]2O[C@H](CO[C@H]3O[C@H](CO)[C@@H](O)[C@H](O)[C@@H]3O)[C@@H](O)[C@H](O[C@H]3O[C@H](CO)[C@@H](O)[C@H](O)[C@@H]3O[C@H]3O[C@H](CO)[C@@H](O)[C@H](O)[C@@H]3O[C@H]3O[C@H](CO)[C@@H](O)[C@H](O[C@H]4O[C@H](CO)[C@@H](O)[C@H](O[C@H]5O[C@H](CO)[C@@H](O)[C@H](O)[C@H]5O[C@H]5O[C@H](CO)[C@@H](O)[C@H](O)[C@H]5O)[C@H]4O)[C@@H]3O)[C@@H]2O)[C@@H]1O. The van der Waals surface area contributed by atoms with Crippen LogP contribution in [0.1, 0.15) is 6.92 Å². The Kier molecular flexibility index (Phi) is 30.2. The molecule has 0 aromatic heterocycles. The van der Waals surface area contributed by atoms with Gasteiger partial charge in [0.2, 0.25) is 5.91 Å². The normalized spacial score (nSPS) is 52.4. The largest absolute Gasteiger partial charge is 0.394 e. The maximum Gasteiger partial charge on any atom is 0.217 e. The van der Waals surface area contributed by atoms with E-state index in [-0.39, 0.29) is 0 Å². The summed E-state index contributed by atoms with van der Waals surface area (Å²) in [4.78, 5) is 12.1. The van der Waals surface area contributed by atoms with Crippen molar-refractivity contribution in [2.75, 3.05) is 59.5 Å². The third-order valence-electron chi connectivity index (χ3n) is 19.2. The topological polar surface area (TPSA) is 752 Å². The van der Waals surface area contributed by atoms with Crippen molar-refractivity contribution in [1.29, 1.82) is 0 Å². The highest BCUT2D eigenvalue weighted by Crippen LogP contribution is 2.40. The molecule has 103 heavy (non-hydrogen) atoms. The summed E-state index contributed by atoms with van der Waals surface area (Å²) in [6.45, 7) is -8.69. The minimum Gasteiger partial charge on any atom is -0.394 e. The van der Waals surface area contributed by atoms with Gasteiger partial charge in [0, 0.05) is 6.92 Å². The van der Waals surface area contributed by atoms with Gasteiger partial charge in [0.25, 0.3) is 0 Å². The van der Waals surface area contributed by atoms with E-state index in [0.29, 0.717) is 0 Å². The Morgan fingerprint density at radius 1 is 0.252 bits per heavy atom. The summed E-state index contributed by atoms with van der Waals surface area (Å²) < 4.78 is 97.8. The molecule has 29 N–H and O–H groups in total. The van der Waals surface area contributed by atoms with Crippen LogP contribution in [0.5, 0.6) is 0 Å². The maximum absolute atomic E-state index is 12.1. The first-order valence-electron chi connectivity index (χ1n) is 32.7. The van der Waals surface area contributed by atoms with Gasteiger partial charge in [0.15, 0.2) is 56.6 Å². The number of hydrogen-bond acceptors (Lipinski definition) is 46. The molecular weight excluding hydrogens is 1420 g/mol. The fourth-order valence-electron chi connectivity index (χ4n) is 13.2. The lowest BCUT2D eigenvalue weighted by Gasteiger charge is -2.51. The predicted molar refractivity (Wildman–Crippen MR) is 309 cm³/mol. The zero-order chi connectivity index (χ0) is 75.6. The summed E-state index contributed by atoms with van der Waals surface area (Å²) in [5.74, 6) is -0.815. The third kappa shape index (κ3) is 17.9. The Morgan fingerprint density at radius 2 is 0.505 bits per heavy atom. The van der Waals surface area contributed by atoms with Crippen molar-refractivity contribution in [2.45, 2.75) is 283 Å². The number of carbonyl (C=O) groups is 1. The number of carbonyl (C=O) groups excluding carboxylic acids is 1. The van der Waals surface area contributed by atoms with Crippen LogP contribution >= 0.6 is 0 Å². The first-order valence-corrected chi connectivity index (χ1v) is 32.7. The molecule has 45 atom stereocenters. The summed E-state index contributed by atoms with van der Waals surface area (Å²) in [7, 11) is 0. The van der Waals surface area contributed by atoms with Crippen LogP contribution in [0, 0.1) is 0 Å². The van der Waals surface area contributed by atoms with Crippen molar-refractivity contribution in [2.24, 2.45) is 0 Å². The van der Waals surface area contributed by atoms with E-state index in [2.05, 4.69) is 5.32 Å². The summed E-state index contributed by atoms with van der Waals surface area (Å²) in [6, 6.07) is -1.70. The minimum absolute atomic E-state index is 0.815. The molecule has 47 heteroatoms. The fraction of sp³-hybridized carbons (Fsp3) is 0.982. The Hall–Kier alpha value is -2.33. The van der Waals surface area contributed by atoms with Crippen LogP contribution in [0.25, 0.3) is 0 Å². The van der Waals surface area contributed by atoms with Gasteiger partial charge in [0.1, 0.15) is 220 Å². The molecule has 9 aliphatic rings. The molecule has 0 aromatic carbocycles. The standard InChI is InChI=1S/C56H95NO46/c1-11(66)57-21-30(75)41(19(9-65)88-48(21)86)97-53-40(85)44(29(74)20(96-53)10-87-49-36(81)31(76)22(67)12(2-58)89-49)100-55-47(35(80)26(71)15(5-61)94-55)103-56-46(34(79)25(70)16(6-62)95-56)102-52-38(83)42(27(72)17(7-63)92-52)98-51-39(84)43(28(73)18(8-64)91-51)99-54-45(33(78)24(69)14(4-60)93-54)101-50-37(82)32(77)23(68)13(3-59)90-50/h12-56,58-65,67-86H,2-10H2,1H3,(H,57,66)/t12-,13-,14-,15-,16-,17-,18-,19-,20-,21-,22-,23-,24-,25-,26-,27-,28-,29-,30-,31+,32+,33+,34+,35+,36+,37-,38+,39-,40+,41-,42+,43+,44+,45-,46+,47+,48?,49+,50-,51-,52-,53+,54-,55-,56-/m1/s1. The molecule has 9 aliphatic heterocycles. The molecule has 0 spiro atoms. The van der Waals surface area contributed by atoms with E-state index in [1.807, 2.05) is 0 Å². The Balaban J connectivity index is 0.978. The predicted octanol–water partition coefficient (Wildman–Crippen LogP) is -20.5. The molecule has 0 saturated carbocycles. The van der Waals surface area contributed by atoms with Gasteiger partial charge >= 0.3 is 0 Å². The molecule has 9 fully saturated rings. The lowest BCUT2D eigenvalue weighted by molar-refractivity contribution is -0.412. The molecule has 1 unspecified atom stereocenters. The van der Waals surface area contributed by atoms with Crippen LogP contribution in [0.4, 0.5) is 0 Å². The van der Waals surface area contributed by atoms with E-state index in [1.165, 1.54) is 0 Å². The van der Waals surface area contributed by atoms with E-state index >= 15 is 0 Å². The third-order valence-corrected chi connectivity index (χ3v) is 19.2. The van der Waals surface area contributed by atoms with Gasteiger partial charge in [-0.1, -0.05) is 0 Å². The van der Waals surface area contributed by atoms with Crippen molar-refractivity contribution in [3.05, 3.63) is 0 Å². The van der Waals surface area contributed by atoms with E-state index in [4.69, 9.17) is 80.5 Å². The highest BCUT2D eigenvalue weighted by molar-refractivity contribution is 5.73. The monoisotopic (exact) mass is 1520 g/mol. The smallest absolute Gasteiger partial charge is 0.217 e. The molecule has 9 saturated heterocycles. The van der Waals surface area contributed by atoms with E-state index in [0.717, 1.165) is 6.92 Å². The van der Waals surface area contributed by atoms with Gasteiger partial charge in [-0.25, -0.2) is 0 Å². The van der Waals surface area contributed by atoms with Crippen molar-refractivity contribution >= 4 is 5.91 Å². The summed E-state index contributed by atoms with van der Waals surface area (Å²) in [5, 5.41) is 309. The molecule has 0 aromatic rings. The van der Waals surface area contributed by atoms with Gasteiger partial charge in [-0.15, -0.1) is 0 Å². The van der Waals surface area contributed by atoms with Gasteiger partial charge in [-0.2, -0.15) is 0 Å².